The van der Waals surface area contributed by atoms with Crippen molar-refractivity contribution in [2.75, 3.05) is 17.7 Å². The molecule has 2 N–H and O–H groups in total. The molecule has 1 heterocycles. The van der Waals surface area contributed by atoms with E-state index < -0.39 is 0 Å². The monoisotopic (exact) mass is 504 g/mol. The number of ether oxygens (including phenoxy) is 2. The second-order valence-electron chi connectivity index (χ2n) is 10.9. The zero-order chi connectivity index (χ0) is 26.3. The molecule has 0 unspecified atom stereocenters. The number of carbonyl (C=O) groups is 1. The average Bonchev–Trinajstić information content (AvgIpc) is 3.07. The van der Waals surface area contributed by atoms with Gasteiger partial charge < -0.3 is 20.1 Å². The smallest absolute Gasteiger partial charge is 0.163 e. The number of Topliss-reactive ketones (excluding diaryl/α,β-unsaturated/α-hetero) is 1. The van der Waals surface area contributed by atoms with Gasteiger partial charge in [0.05, 0.1) is 24.5 Å². The quantitative estimate of drug-likeness (QED) is 0.292. The van der Waals surface area contributed by atoms with Gasteiger partial charge in [-0.15, -0.1) is 0 Å². The van der Waals surface area contributed by atoms with Gasteiger partial charge in [-0.3, -0.25) is 4.79 Å². The minimum atomic E-state index is -0.300. The summed E-state index contributed by atoms with van der Waals surface area (Å²) < 4.78 is 12.0. The molecule has 0 amide bonds. The molecule has 4 aromatic rings. The zero-order valence-corrected chi connectivity index (χ0v) is 22.0. The third-order valence-corrected chi connectivity index (χ3v) is 7.51. The van der Waals surface area contributed by atoms with Gasteiger partial charge in [0.25, 0.3) is 0 Å². The Labute approximate surface area is 223 Å². The Hall–Kier alpha value is -4.25. The highest BCUT2D eigenvalue weighted by molar-refractivity contribution is 6.01. The molecule has 6 rings (SSSR count). The molecule has 38 heavy (non-hydrogen) atoms. The topological polar surface area (TPSA) is 59.6 Å². The maximum atomic E-state index is 13.5. The van der Waals surface area contributed by atoms with Crippen LogP contribution in [0, 0.1) is 5.41 Å². The fraction of sp³-hybridized carbons (Fsp3) is 0.242. The number of rotatable bonds is 5. The van der Waals surface area contributed by atoms with Crippen LogP contribution in [-0.2, 0) is 11.4 Å². The molecule has 2 aliphatic rings. The first kappa shape index (κ1) is 24.1. The van der Waals surface area contributed by atoms with Gasteiger partial charge in [0.1, 0.15) is 6.61 Å². The van der Waals surface area contributed by atoms with Crippen molar-refractivity contribution in [1.29, 1.82) is 0 Å². The molecule has 192 valence electrons. The van der Waals surface area contributed by atoms with Crippen molar-refractivity contribution >= 4 is 27.9 Å². The van der Waals surface area contributed by atoms with Crippen molar-refractivity contribution < 1.29 is 14.3 Å². The van der Waals surface area contributed by atoms with E-state index in [9.17, 15) is 4.79 Å². The molecular formula is C33H32N2O3. The first-order valence-electron chi connectivity index (χ1n) is 13.1. The number of hydrogen-bond donors (Lipinski definition) is 2. The molecule has 0 fully saturated rings. The summed E-state index contributed by atoms with van der Waals surface area (Å²) in [6.07, 6.45) is 1.33. The highest BCUT2D eigenvalue weighted by Crippen LogP contribution is 2.46. The maximum Gasteiger partial charge on any atom is 0.163 e. The number of hydrogen-bond acceptors (Lipinski definition) is 5. The summed E-state index contributed by atoms with van der Waals surface area (Å²) >= 11 is 0. The molecule has 0 radical (unpaired) electrons. The van der Waals surface area contributed by atoms with E-state index >= 15 is 0 Å². The van der Waals surface area contributed by atoms with Crippen molar-refractivity contribution in [1.82, 2.24) is 0 Å². The number of benzene rings is 4. The van der Waals surface area contributed by atoms with Gasteiger partial charge in [0.2, 0.25) is 0 Å². The molecular weight excluding hydrogens is 472 g/mol. The van der Waals surface area contributed by atoms with Crippen LogP contribution in [0.2, 0.25) is 0 Å². The van der Waals surface area contributed by atoms with E-state index in [4.69, 9.17) is 9.47 Å². The third-order valence-electron chi connectivity index (χ3n) is 7.51. The minimum absolute atomic E-state index is 0.0935. The van der Waals surface area contributed by atoms with Crippen molar-refractivity contribution in [3.05, 3.63) is 107 Å². The molecule has 0 bridgehead atoms. The Morgan fingerprint density at radius 3 is 2.47 bits per heavy atom. The molecule has 0 aromatic heterocycles. The van der Waals surface area contributed by atoms with Crippen LogP contribution in [0.15, 0.2) is 96.2 Å². The lowest BCUT2D eigenvalue weighted by atomic mass is 9.73. The Bertz CT molecular complexity index is 1560. The first-order valence-corrected chi connectivity index (χ1v) is 13.1. The molecule has 4 aromatic carbocycles. The Morgan fingerprint density at radius 2 is 1.63 bits per heavy atom. The normalized spacial score (nSPS) is 18.1. The number of nitrogens with one attached hydrogen (secondary N) is 2. The molecule has 5 heteroatoms. The van der Waals surface area contributed by atoms with Crippen LogP contribution >= 0.6 is 0 Å². The van der Waals surface area contributed by atoms with Crippen molar-refractivity contribution in [3.8, 4) is 11.5 Å². The second-order valence-corrected chi connectivity index (χ2v) is 10.9. The van der Waals surface area contributed by atoms with E-state index in [-0.39, 0.29) is 17.2 Å². The van der Waals surface area contributed by atoms with E-state index in [0.717, 1.165) is 40.2 Å². The van der Waals surface area contributed by atoms with Crippen LogP contribution in [0.5, 0.6) is 11.5 Å². The lowest BCUT2D eigenvalue weighted by Gasteiger charge is -2.34. The summed E-state index contributed by atoms with van der Waals surface area (Å²) in [6, 6.07) is 28.3. The number of fused-ring (bicyclic) bond motifs is 2. The number of para-hydroxylation sites is 2. The largest absolute Gasteiger partial charge is 0.493 e. The molecule has 0 saturated heterocycles. The summed E-state index contributed by atoms with van der Waals surface area (Å²) in [5, 5.41) is 9.59. The van der Waals surface area contributed by atoms with Crippen LogP contribution in [0.1, 0.15) is 43.9 Å². The van der Waals surface area contributed by atoms with Crippen LogP contribution in [0.25, 0.3) is 10.8 Å². The zero-order valence-electron chi connectivity index (χ0n) is 22.0. The highest BCUT2D eigenvalue weighted by Gasteiger charge is 2.38. The number of ketones is 1. The van der Waals surface area contributed by atoms with E-state index in [1.807, 2.05) is 54.6 Å². The van der Waals surface area contributed by atoms with Crippen molar-refractivity contribution in [3.63, 3.8) is 0 Å². The fourth-order valence-electron chi connectivity index (χ4n) is 5.70. The lowest BCUT2D eigenvalue weighted by Crippen LogP contribution is -2.31. The Morgan fingerprint density at radius 1 is 0.868 bits per heavy atom. The van der Waals surface area contributed by atoms with Gasteiger partial charge in [-0.25, -0.2) is 0 Å². The van der Waals surface area contributed by atoms with E-state index in [1.54, 1.807) is 7.11 Å². The van der Waals surface area contributed by atoms with Crippen LogP contribution < -0.4 is 20.1 Å². The summed E-state index contributed by atoms with van der Waals surface area (Å²) in [6.45, 7) is 4.74. The summed E-state index contributed by atoms with van der Waals surface area (Å²) in [4.78, 5) is 13.5. The summed E-state index contributed by atoms with van der Waals surface area (Å²) in [7, 11) is 1.65. The summed E-state index contributed by atoms with van der Waals surface area (Å²) in [5.41, 5.74) is 5.72. The molecule has 1 aliphatic carbocycles. The van der Waals surface area contributed by atoms with Gasteiger partial charge in [-0.05, 0) is 58.0 Å². The number of anilines is 2. The van der Waals surface area contributed by atoms with Gasteiger partial charge in [0, 0.05) is 17.7 Å². The highest BCUT2D eigenvalue weighted by atomic mass is 16.5. The number of carbonyl (C=O) groups excluding carboxylic acids is 1. The van der Waals surface area contributed by atoms with E-state index in [1.165, 1.54) is 10.8 Å². The van der Waals surface area contributed by atoms with Crippen LogP contribution in [0.3, 0.4) is 0 Å². The van der Waals surface area contributed by atoms with Crippen molar-refractivity contribution in [2.45, 2.75) is 39.3 Å². The molecule has 5 nitrogen and oxygen atoms in total. The minimum Gasteiger partial charge on any atom is -0.493 e. The standard InChI is InChI=1S/C33H32N2O3/c1-33(2)18-27-31(28(36)19-33)32(35-26-14-7-6-13-25(26)34-27)22-15-16-29(30(17-22)37-3)38-20-23-11-8-10-21-9-4-5-12-24(21)23/h4-17,32,34-35H,18-20H2,1-3H3/t32-/m1/s1. The fourth-order valence-corrected chi connectivity index (χ4v) is 5.70. The van der Waals surface area contributed by atoms with Crippen LogP contribution in [-0.4, -0.2) is 12.9 Å². The Balaban J connectivity index is 1.35. The average molecular weight is 505 g/mol. The van der Waals surface area contributed by atoms with E-state index in [0.29, 0.717) is 24.5 Å². The maximum absolute atomic E-state index is 13.5. The number of allylic oxidation sites excluding steroid dienone is 1. The van der Waals surface area contributed by atoms with Crippen molar-refractivity contribution in [2.24, 2.45) is 5.41 Å². The third kappa shape index (κ3) is 4.49. The molecule has 1 atom stereocenters. The van der Waals surface area contributed by atoms with Gasteiger partial charge in [-0.1, -0.05) is 74.5 Å². The predicted octanol–water partition coefficient (Wildman–Crippen LogP) is 7.65. The molecule has 0 spiro atoms. The molecule has 1 aliphatic heterocycles. The van der Waals surface area contributed by atoms with Gasteiger partial charge in [0.15, 0.2) is 17.3 Å². The first-order chi connectivity index (χ1) is 18.4. The molecule has 0 saturated carbocycles. The SMILES string of the molecule is COc1cc([C@H]2Nc3ccccc3NC3=C2C(=O)CC(C)(C)C3)ccc1OCc1cccc2ccccc12. The summed E-state index contributed by atoms with van der Waals surface area (Å²) in [5.74, 6) is 1.48. The predicted molar refractivity (Wildman–Crippen MR) is 153 cm³/mol. The second kappa shape index (κ2) is 9.56. The lowest BCUT2D eigenvalue weighted by molar-refractivity contribution is -0.118. The Kier molecular flexibility index (Phi) is 6.07. The van der Waals surface area contributed by atoms with Gasteiger partial charge in [-0.2, -0.15) is 0 Å². The number of methoxy groups -OCH3 is 1. The van der Waals surface area contributed by atoms with E-state index in [2.05, 4.69) is 54.8 Å². The van der Waals surface area contributed by atoms with Gasteiger partial charge >= 0.3 is 0 Å². The van der Waals surface area contributed by atoms with Crippen LogP contribution in [0.4, 0.5) is 11.4 Å².